The maximum atomic E-state index is 12.1. The SMILES string of the molecule is CC(N)c1cccc(NC(=O)N(C)Cc2cscn2)c1. The third-order valence-corrected chi connectivity index (χ3v) is 3.53. The van der Waals surface area contributed by atoms with E-state index in [1.165, 1.54) is 11.3 Å². The van der Waals surface area contributed by atoms with E-state index in [1.54, 1.807) is 17.5 Å². The molecule has 3 N–H and O–H groups in total. The molecule has 1 unspecified atom stereocenters. The van der Waals surface area contributed by atoms with Gasteiger partial charge in [-0.1, -0.05) is 12.1 Å². The predicted octanol–water partition coefficient (Wildman–Crippen LogP) is 2.83. The number of nitrogens with one attached hydrogen (secondary N) is 1. The Balaban J connectivity index is 1.98. The van der Waals surface area contributed by atoms with Crippen LogP contribution in [0.15, 0.2) is 35.2 Å². The third-order valence-electron chi connectivity index (χ3n) is 2.89. The number of aromatic nitrogens is 1. The van der Waals surface area contributed by atoms with Crippen LogP contribution in [0.2, 0.25) is 0 Å². The summed E-state index contributed by atoms with van der Waals surface area (Å²) in [5.41, 5.74) is 10.2. The first kappa shape index (κ1) is 14.5. The van der Waals surface area contributed by atoms with E-state index >= 15 is 0 Å². The number of carbonyl (C=O) groups is 1. The number of hydrogen-bond donors (Lipinski definition) is 2. The lowest BCUT2D eigenvalue weighted by atomic mass is 10.1. The Morgan fingerprint density at radius 1 is 1.55 bits per heavy atom. The van der Waals surface area contributed by atoms with Crippen LogP contribution in [0.4, 0.5) is 10.5 Å². The molecule has 6 heteroatoms. The second-order valence-corrected chi connectivity index (χ2v) is 5.40. The average molecular weight is 290 g/mol. The van der Waals surface area contributed by atoms with Gasteiger partial charge >= 0.3 is 6.03 Å². The number of hydrogen-bond acceptors (Lipinski definition) is 4. The Morgan fingerprint density at radius 2 is 2.35 bits per heavy atom. The number of urea groups is 1. The van der Waals surface area contributed by atoms with Crippen LogP contribution in [0.25, 0.3) is 0 Å². The van der Waals surface area contributed by atoms with Crippen LogP contribution in [-0.2, 0) is 6.54 Å². The van der Waals surface area contributed by atoms with Crippen LogP contribution < -0.4 is 11.1 Å². The van der Waals surface area contributed by atoms with Crippen LogP contribution in [0.1, 0.15) is 24.2 Å². The lowest BCUT2D eigenvalue weighted by Crippen LogP contribution is -2.31. The molecule has 1 atom stereocenters. The summed E-state index contributed by atoms with van der Waals surface area (Å²) >= 11 is 1.52. The molecule has 0 aliphatic rings. The molecular weight excluding hydrogens is 272 g/mol. The van der Waals surface area contributed by atoms with E-state index in [-0.39, 0.29) is 12.1 Å². The smallest absolute Gasteiger partial charge is 0.321 e. The highest BCUT2D eigenvalue weighted by atomic mass is 32.1. The van der Waals surface area contributed by atoms with E-state index < -0.39 is 0 Å². The summed E-state index contributed by atoms with van der Waals surface area (Å²) in [6, 6.07) is 7.34. The minimum Gasteiger partial charge on any atom is -0.324 e. The normalized spacial score (nSPS) is 11.9. The van der Waals surface area contributed by atoms with Gasteiger partial charge in [0.05, 0.1) is 17.7 Å². The first-order valence-corrected chi connectivity index (χ1v) is 7.25. The molecule has 2 amide bonds. The molecule has 0 spiro atoms. The van der Waals surface area contributed by atoms with E-state index in [0.29, 0.717) is 6.54 Å². The molecule has 1 aromatic carbocycles. The predicted molar refractivity (Wildman–Crippen MR) is 81.6 cm³/mol. The van der Waals surface area contributed by atoms with E-state index in [9.17, 15) is 4.79 Å². The fourth-order valence-electron chi connectivity index (χ4n) is 1.75. The lowest BCUT2D eigenvalue weighted by Gasteiger charge is -2.17. The summed E-state index contributed by atoms with van der Waals surface area (Å²) in [7, 11) is 1.74. The summed E-state index contributed by atoms with van der Waals surface area (Å²) in [6.07, 6.45) is 0. The summed E-state index contributed by atoms with van der Waals surface area (Å²) in [5.74, 6) is 0. The Hall–Kier alpha value is -1.92. The maximum absolute atomic E-state index is 12.1. The highest BCUT2D eigenvalue weighted by Gasteiger charge is 2.11. The fourth-order valence-corrected chi connectivity index (χ4v) is 2.30. The molecule has 2 rings (SSSR count). The molecule has 5 nitrogen and oxygen atoms in total. The van der Waals surface area contributed by atoms with E-state index in [0.717, 1.165) is 16.9 Å². The van der Waals surface area contributed by atoms with Gasteiger partial charge in [0, 0.05) is 24.2 Å². The molecule has 1 heterocycles. The number of nitrogens with two attached hydrogens (primary N) is 1. The van der Waals surface area contributed by atoms with E-state index in [4.69, 9.17) is 5.73 Å². The van der Waals surface area contributed by atoms with Crippen LogP contribution in [0.5, 0.6) is 0 Å². The molecule has 0 radical (unpaired) electrons. The lowest BCUT2D eigenvalue weighted by molar-refractivity contribution is 0.220. The molecule has 0 saturated carbocycles. The summed E-state index contributed by atoms with van der Waals surface area (Å²) < 4.78 is 0. The molecule has 0 aliphatic carbocycles. The van der Waals surface area contributed by atoms with Crippen LogP contribution in [-0.4, -0.2) is 23.0 Å². The maximum Gasteiger partial charge on any atom is 0.321 e. The zero-order chi connectivity index (χ0) is 14.5. The van der Waals surface area contributed by atoms with Crippen LogP contribution in [0.3, 0.4) is 0 Å². The highest BCUT2D eigenvalue weighted by Crippen LogP contribution is 2.16. The first-order valence-electron chi connectivity index (χ1n) is 6.31. The average Bonchev–Trinajstić information content (AvgIpc) is 2.91. The number of amides is 2. The number of thiazole rings is 1. The van der Waals surface area contributed by atoms with Gasteiger partial charge in [-0.05, 0) is 24.6 Å². The summed E-state index contributed by atoms with van der Waals surface area (Å²) in [6.45, 7) is 2.40. The van der Waals surface area contributed by atoms with Crippen molar-refractivity contribution >= 4 is 23.1 Å². The third kappa shape index (κ3) is 3.79. The fraction of sp³-hybridized carbons (Fsp3) is 0.286. The topological polar surface area (TPSA) is 71.2 Å². The Kier molecular flexibility index (Phi) is 4.70. The molecule has 2 aromatic rings. The molecule has 0 saturated heterocycles. The minimum atomic E-state index is -0.167. The molecule has 20 heavy (non-hydrogen) atoms. The quantitative estimate of drug-likeness (QED) is 0.909. The monoisotopic (exact) mass is 290 g/mol. The van der Waals surface area contributed by atoms with Gasteiger partial charge in [0.25, 0.3) is 0 Å². The Bertz CT molecular complexity index is 568. The van der Waals surface area contributed by atoms with Crippen molar-refractivity contribution in [3.8, 4) is 0 Å². The molecule has 0 bridgehead atoms. The van der Waals surface area contributed by atoms with Crippen molar-refractivity contribution in [3.05, 3.63) is 46.4 Å². The van der Waals surface area contributed by atoms with Gasteiger partial charge < -0.3 is 16.0 Å². The first-order chi connectivity index (χ1) is 9.56. The van der Waals surface area contributed by atoms with Gasteiger partial charge in [0.1, 0.15) is 0 Å². The van der Waals surface area contributed by atoms with Crippen molar-refractivity contribution in [2.75, 3.05) is 12.4 Å². The minimum absolute atomic E-state index is 0.0559. The number of rotatable bonds is 4. The van der Waals surface area contributed by atoms with Crippen molar-refractivity contribution in [3.63, 3.8) is 0 Å². The second kappa shape index (κ2) is 6.49. The number of nitrogens with zero attached hydrogens (tertiary/aromatic N) is 2. The van der Waals surface area contributed by atoms with E-state index in [1.807, 2.05) is 36.6 Å². The van der Waals surface area contributed by atoms with Crippen molar-refractivity contribution in [2.45, 2.75) is 19.5 Å². The van der Waals surface area contributed by atoms with Gasteiger partial charge in [-0.25, -0.2) is 9.78 Å². The molecule has 106 valence electrons. The zero-order valence-corrected chi connectivity index (χ0v) is 12.4. The number of benzene rings is 1. The van der Waals surface area contributed by atoms with Crippen molar-refractivity contribution in [2.24, 2.45) is 5.73 Å². The zero-order valence-electron chi connectivity index (χ0n) is 11.5. The van der Waals surface area contributed by atoms with Crippen LogP contribution >= 0.6 is 11.3 Å². The van der Waals surface area contributed by atoms with Gasteiger partial charge in [0.15, 0.2) is 0 Å². The number of anilines is 1. The summed E-state index contributed by atoms with van der Waals surface area (Å²) in [4.78, 5) is 17.8. The standard InChI is InChI=1S/C14H18N4OS/c1-10(15)11-4-3-5-12(6-11)17-14(19)18(2)7-13-8-20-9-16-13/h3-6,8-10H,7,15H2,1-2H3,(H,17,19). The highest BCUT2D eigenvalue weighted by molar-refractivity contribution is 7.07. The Labute approximate surface area is 122 Å². The van der Waals surface area contributed by atoms with Crippen molar-refractivity contribution in [1.29, 1.82) is 0 Å². The van der Waals surface area contributed by atoms with Gasteiger partial charge in [-0.2, -0.15) is 0 Å². The molecule has 0 aliphatic heterocycles. The van der Waals surface area contributed by atoms with Crippen molar-refractivity contribution in [1.82, 2.24) is 9.88 Å². The van der Waals surface area contributed by atoms with Crippen molar-refractivity contribution < 1.29 is 4.79 Å². The van der Waals surface area contributed by atoms with Gasteiger partial charge in [-0.3, -0.25) is 0 Å². The number of carbonyl (C=O) groups excluding carboxylic acids is 1. The summed E-state index contributed by atoms with van der Waals surface area (Å²) in [5, 5.41) is 4.79. The van der Waals surface area contributed by atoms with Gasteiger partial charge in [-0.15, -0.1) is 11.3 Å². The Morgan fingerprint density at radius 3 is 3.00 bits per heavy atom. The van der Waals surface area contributed by atoms with Crippen LogP contribution in [0, 0.1) is 0 Å². The van der Waals surface area contributed by atoms with Gasteiger partial charge in [0.2, 0.25) is 0 Å². The molecule has 1 aromatic heterocycles. The molecular formula is C14H18N4OS. The second-order valence-electron chi connectivity index (χ2n) is 4.68. The molecule has 0 fully saturated rings. The largest absolute Gasteiger partial charge is 0.324 e. The van der Waals surface area contributed by atoms with E-state index in [2.05, 4.69) is 10.3 Å².